The Balaban J connectivity index is 1.84. The maximum Gasteiger partial charge on any atom is 0.123 e. The molecule has 2 rings (SSSR count). The van der Waals surface area contributed by atoms with Crippen molar-refractivity contribution in [1.82, 2.24) is 5.32 Å². The van der Waals surface area contributed by atoms with Crippen LogP contribution >= 0.6 is 11.6 Å². The summed E-state index contributed by atoms with van der Waals surface area (Å²) in [6.45, 7) is 1.22. The second-order valence-corrected chi connectivity index (χ2v) is 4.88. The molecule has 0 saturated carbocycles. The maximum atomic E-state index is 9.14. The Morgan fingerprint density at radius 1 is 1.61 bits per heavy atom. The van der Waals surface area contributed by atoms with Gasteiger partial charge in [0.2, 0.25) is 0 Å². The van der Waals surface area contributed by atoms with Gasteiger partial charge in [-0.15, -0.1) is 0 Å². The van der Waals surface area contributed by atoms with E-state index in [9.17, 15) is 0 Å². The summed E-state index contributed by atoms with van der Waals surface area (Å²) in [5.41, 5.74) is 1.14. The number of methoxy groups -OCH3 is 1. The molecule has 18 heavy (non-hydrogen) atoms. The number of hydrogen-bond acceptors (Lipinski definition) is 4. The van der Waals surface area contributed by atoms with Crippen LogP contribution in [0.5, 0.6) is 5.75 Å². The van der Waals surface area contributed by atoms with Crippen LogP contribution in [0.25, 0.3) is 0 Å². The van der Waals surface area contributed by atoms with E-state index in [-0.39, 0.29) is 18.8 Å². The summed E-state index contributed by atoms with van der Waals surface area (Å²) in [7, 11) is 1.62. The molecule has 4 nitrogen and oxygen atoms in total. The van der Waals surface area contributed by atoms with Crippen LogP contribution in [0.4, 0.5) is 0 Å². The van der Waals surface area contributed by atoms with E-state index < -0.39 is 0 Å². The molecule has 1 aromatic rings. The van der Waals surface area contributed by atoms with Crippen LogP contribution < -0.4 is 10.1 Å². The molecule has 1 aliphatic heterocycles. The molecular weight excluding hydrogens is 254 g/mol. The zero-order valence-corrected chi connectivity index (χ0v) is 11.1. The zero-order chi connectivity index (χ0) is 13.0. The first kappa shape index (κ1) is 13.6. The molecule has 1 aliphatic rings. The van der Waals surface area contributed by atoms with Crippen LogP contribution in [-0.2, 0) is 11.2 Å². The molecule has 0 radical (unpaired) electrons. The molecule has 0 aliphatic carbocycles. The molecule has 0 fully saturated rings. The van der Waals surface area contributed by atoms with E-state index in [1.807, 2.05) is 18.2 Å². The van der Waals surface area contributed by atoms with Crippen molar-refractivity contribution in [2.45, 2.75) is 18.6 Å². The van der Waals surface area contributed by atoms with Crippen LogP contribution in [0.2, 0.25) is 5.02 Å². The number of aliphatic hydroxyl groups is 1. The Kier molecular flexibility index (Phi) is 4.83. The van der Waals surface area contributed by atoms with Gasteiger partial charge in [-0.1, -0.05) is 11.6 Å². The minimum Gasteiger partial charge on any atom is -0.488 e. The Bertz CT molecular complexity index is 400. The van der Waals surface area contributed by atoms with E-state index in [0.717, 1.165) is 22.8 Å². The molecule has 100 valence electrons. The second-order valence-electron chi connectivity index (χ2n) is 4.44. The van der Waals surface area contributed by atoms with Gasteiger partial charge in [-0.05, 0) is 23.8 Å². The summed E-state index contributed by atoms with van der Waals surface area (Å²) in [5, 5.41) is 13.1. The van der Waals surface area contributed by atoms with Gasteiger partial charge in [0, 0.05) is 25.1 Å². The third-order valence-corrected chi connectivity index (χ3v) is 3.22. The molecule has 1 aromatic carbocycles. The van der Waals surface area contributed by atoms with Crippen molar-refractivity contribution < 1.29 is 14.6 Å². The topological polar surface area (TPSA) is 50.7 Å². The highest BCUT2D eigenvalue weighted by molar-refractivity contribution is 6.30. The third kappa shape index (κ3) is 3.36. The number of hydrogen-bond donors (Lipinski definition) is 2. The van der Waals surface area contributed by atoms with Crippen molar-refractivity contribution in [3.63, 3.8) is 0 Å². The van der Waals surface area contributed by atoms with Gasteiger partial charge in [0.1, 0.15) is 11.9 Å². The van der Waals surface area contributed by atoms with Gasteiger partial charge in [-0.25, -0.2) is 0 Å². The molecule has 0 amide bonds. The lowest BCUT2D eigenvalue weighted by Crippen LogP contribution is -2.42. The fourth-order valence-corrected chi connectivity index (χ4v) is 2.27. The van der Waals surface area contributed by atoms with Crippen molar-refractivity contribution in [3.8, 4) is 5.75 Å². The van der Waals surface area contributed by atoms with Gasteiger partial charge in [0.25, 0.3) is 0 Å². The minimum atomic E-state index is -0.0501. The van der Waals surface area contributed by atoms with E-state index in [2.05, 4.69) is 5.32 Å². The molecule has 1 heterocycles. The molecule has 2 unspecified atom stereocenters. The lowest BCUT2D eigenvalue weighted by Gasteiger charge is -2.18. The highest BCUT2D eigenvalue weighted by Gasteiger charge is 2.23. The number of fused-ring (bicyclic) bond motifs is 1. The van der Waals surface area contributed by atoms with Gasteiger partial charge in [0.05, 0.1) is 19.3 Å². The van der Waals surface area contributed by atoms with Crippen LogP contribution in [0.3, 0.4) is 0 Å². The monoisotopic (exact) mass is 271 g/mol. The van der Waals surface area contributed by atoms with Crippen molar-refractivity contribution in [1.29, 1.82) is 0 Å². The van der Waals surface area contributed by atoms with E-state index in [1.54, 1.807) is 7.11 Å². The lowest BCUT2D eigenvalue weighted by atomic mass is 10.1. The molecule has 0 aromatic heterocycles. The second kappa shape index (κ2) is 6.38. The van der Waals surface area contributed by atoms with Gasteiger partial charge < -0.3 is 19.9 Å². The number of benzene rings is 1. The van der Waals surface area contributed by atoms with Gasteiger partial charge in [-0.3, -0.25) is 0 Å². The van der Waals surface area contributed by atoms with Crippen molar-refractivity contribution in [2.75, 3.05) is 26.9 Å². The molecule has 2 atom stereocenters. The number of aliphatic hydroxyl groups excluding tert-OH is 1. The van der Waals surface area contributed by atoms with Crippen LogP contribution in [0, 0.1) is 0 Å². The number of ether oxygens (including phenoxy) is 2. The molecule has 0 bridgehead atoms. The van der Waals surface area contributed by atoms with Crippen molar-refractivity contribution in [3.05, 3.63) is 28.8 Å². The maximum absolute atomic E-state index is 9.14. The standard InChI is InChI=1S/C13H18ClNO3/c1-17-8-11(7-16)15-6-12-5-9-4-10(14)2-3-13(9)18-12/h2-4,11-12,15-16H,5-8H2,1H3. The first-order chi connectivity index (χ1) is 8.72. The average Bonchev–Trinajstić information content (AvgIpc) is 2.76. The van der Waals surface area contributed by atoms with Crippen molar-refractivity contribution >= 4 is 11.6 Å². The summed E-state index contributed by atoms with van der Waals surface area (Å²) >= 11 is 5.94. The molecule has 2 N–H and O–H groups in total. The van der Waals surface area contributed by atoms with E-state index in [1.165, 1.54) is 0 Å². The Labute approximate surface area is 112 Å². The summed E-state index contributed by atoms with van der Waals surface area (Å²) in [5.74, 6) is 0.901. The summed E-state index contributed by atoms with van der Waals surface area (Å²) in [6, 6.07) is 5.62. The van der Waals surface area contributed by atoms with E-state index in [4.69, 9.17) is 26.2 Å². The minimum absolute atomic E-state index is 0.0501. The summed E-state index contributed by atoms with van der Waals surface area (Å²) < 4.78 is 10.8. The molecular formula is C13H18ClNO3. The SMILES string of the molecule is COCC(CO)NCC1Cc2cc(Cl)ccc2O1. The quantitative estimate of drug-likeness (QED) is 0.817. The van der Waals surface area contributed by atoms with Gasteiger partial charge in [-0.2, -0.15) is 0 Å². The van der Waals surface area contributed by atoms with E-state index in [0.29, 0.717) is 13.2 Å². The average molecular weight is 272 g/mol. The summed E-state index contributed by atoms with van der Waals surface area (Å²) in [6.07, 6.45) is 0.929. The predicted molar refractivity (Wildman–Crippen MR) is 70.3 cm³/mol. The zero-order valence-electron chi connectivity index (χ0n) is 10.4. The lowest BCUT2D eigenvalue weighted by molar-refractivity contribution is 0.119. The smallest absolute Gasteiger partial charge is 0.123 e. The first-order valence-corrected chi connectivity index (χ1v) is 6.39. The number of halogens is 1. The van der Waals surface area contributed by atoms with Crippen LogP contribution in [-0.4, -0.2) is 44.1 Å². The normalized spacial score (nSPS) is 19.4. The fourth-order valence-electron chi connectivity index (χ4n) is 2.08. The number of rotatable bonds is 6. The molecule has 0 saturated heterocycles. The highest BCUT2D eigenvalue weighted by Crippen LogP contribution is 2.30. The van der Waals surface area contributed by atoms with Crippen molar-refractivity contribution in [2.24, 2.45) is 0 Å². The van der Waals surface area contributed by atoms with Crippen LogP contribution in [0.15, 0.2) is 18.2 Å². The van der Waals surface area contributed by atoms with Crippen LogP contribution in [0.1, 0.15) is 5.56 Å². The van der Waals surface area contributed by atoms with Gasteiger partial charge in [0.15, 0.2) is 0 Å². The molecule has 0 spiro atoms. The largest absolute Gasteiger partial charge is 0.488 e. The highest BCUT2D eigenvalue weighted by atomic mass is 35.5. The predicted octanol–water partition coefficient (Wildman–Crippen LogP) is 1.24. The Hall–Kier alpha value is -0.810. The molecule has 5 heteroatoms. The third-order valence-electron chi connectivity index (χ3n) is 2.99. The first-order valence-electron chi connectivity index (χ1n) is 6.01. The summed E-state index contributed by atoms with van der Waals surface area (Å²) in [4.78, 5) is 0. The Morgan fingerprint density at radius 2 is 2.44 bits per heavy atom. The number of nitrogens with one attached hydrogen (secondary N) is 1. The van der Waals surface area contributed by atoms with Gasteiger partial charge >= 0.3 is 0 Å². The fraction of sp³-hybridized carbons (Fsp3) is 0.538. The Morgan fingerprint density at radius 3 is 3.17 bits per heavy atom. The van der Waals surface area contributed by atoms with E-state index >= 15 is 0 Å².